The number of halogens is 1. The molecule has 0 radical (unpaired) electrons. The minimum absolute atomic E-state index is 0. The second kappa shape index (κ2) is 13.5. The summed E-state index contributed by atoms with van der Waals surface area (Å²) in [4.78, 5) is 4.61. The van der Waals surface area contributed by atoms with Crippen molar-refractivity contribution >= 4 is 40.0 Å². The summed E-state index contributed by atoms with van der Waals surface area (Å²) in [5.74, 6) is 1.19. The summed E-state index contributed by atoms with van der Waals surface area (Å²) in [6, 6.07) is 7.09. The zero-order valence-corrected chi connectivity index (χ0v) is 21.7. The van der Waals surface area contributed by atoms with E-state index in [2.05, 4.69) is 29.5 Å². The average Bonchev–Trinajstić information content (AvgIpc) is 3.25. The third-order valence-corrected chi connectivity index (χ3v) is 7.07. The van der Waals surface area contributed by atoms with E-state index in [1.165, 1.54) is 0 Å². The maximum Gasteiger partial charge on any atom is 0.243 e. The Hall–Kier alpha value is -0.910. The van der Waals surface area contributed by atoms with Crippen molar-refractivity contribution < 1.29 is 13.2 Å². The predicted molar refractivity (Wildman–Crippen MR) is 133 cm³/mol. The van der Waals surface area contributed by atoms with Gasteiger partial charge in [0.25, 0.3) is 0 Å². The molecule has 0 amide bonds. The van der Waals surface area contributed by atoms with Crippen molar-refractivity contribution in [2.24, 2.45) is 10.9 Å². The Balaban J connectivity index is 0.00000450. The smallest absolute Gasteiger partial charge is 0.243 e. The van der Waals surface area contributed by atoms with Gasteiger partial charge in [0.1, 0.15) is 0 Å². The Morgan fingerprint density at radius 1 is 1.17 bits per heavy atom. The lowest BCUT2D eigenvalue weighted by molar-refractivity contribution is 0.0258. The van der Waals surface area contributed by atoms with Crippen LogP contribution in [0.1, 0.15) is 45.6 Å². The van der Waals surface area contributed by atoms with Crippen molar-refractivity contribution in [1.29, 1.82) is 0 Å². The molecule has 1 saturated heterocycles. The van der Waals surface area contributed by atoms with Gasteiger partial charge < -0.3 is 15.4 Å². The topological polar surface area (TPSA) is 83.0 Å². The van der Waals surface area contributed by atoms with Gasteiger partial charge in [-0.05, 0) is 49.8 Å². The second-order valence-corrected chi connectivity index (χ2v) is 9.57. The summed E-state index contributed by atoms with van der Waals surface area (Å²) in [6.45, 7) is 9.66. The van der Waals surface area contributed by atoms with Crippen molar-refractivity contribution in [3.05, 3.63) is 29.8 Å². The van der Waals surface area contributed by atoms with E-state index in [0.29, 0.717) is 30.4 Å². The number of nitrogens with one attached hydrogen (secondary N) is 2. The molecule has 1 atom stereocenters. The quantitative estimate of drug-likeness (QED) is 0.265. The summed E-state index contributed by atoms with van der Waals surface area (Å²) >= 11 is 0. The highest BCUT2D eigenvalue weighted by Gasteiger charge is 2.26. The Kier molecular flexibility index (Phi) is 12.2. The maximum absolute atomic E-state index is 12.6. The molecule has 1 unspecified atom stereocenters. The maximum atomic E-state index is 12.6. The van der Waals surface area contributed by atoms with Gasteiger partial charge in [0.15, 0.2) is 5.96 Å². The molecule has 1 aromatic carbocycles. The Morgan fingerprint density at radius 2 is 1.80 bits per heavy atom. The van der Waals surface area contributed by atoms with E-state index >= 15 is 0 Å². The van der Waals surface area contributed by atoms with Crippen LogP contribution in [0.3, 0.4) is 0 Å². The largest absolute Gasteiger partial charge is 0.378 e. The van der Waals surface area contributed by atoms with Crippen LogP contribution in [0.25, 0.3) is 0 Å². The van der Waals surface area contributed by atoms with Crippen LogP contribution in [0.4, 0.5) is 0 Å². The molecule has 2 N–H and O–H groups in total. The molecule has 0 bridgehead atoms. The molecule has 2 rings (SSSR count). The van der Waals surface area contributed by atoms with E-state index in [1.807, 2.05) is 19.1 Å². The zero-order valence-electron chi connectivity index (χ0n) is 18.6. The molecule has 0 spiro atoms. The molecule has 0 aromatic heterocycles. The fraction of sp³-hybridized carbons (Fsp3) is 0.667. The number of benzene rings is 1. The molecule has 1 aliphatic rings. The number of rotatable bonds is 10. The lowest BCUT2D eigenvalue weighted by Crippen LogP contribution is -2.38. The molecule has 0 aliphatic carbocycles. The molecule has 1 aliphatic heterocycles. The second-order valence-electron chi connectivity index (χ2n) is 7.63. The number of nitrogens with zero attached hydrogens (tertiary/aromatic N) is 2. The predicted octanol–water partition coefficient (Wildman–Crippen LogP) is 3.21. The minimum atomic E-state index is -3.36. The molecular weight excluding hydrogens is 515 g/mol. The van der Waals surface area contributed by atoms with E-state index in [4.69, 9.17) is 4.74 Å². The molecule has 1 fully saturated rings. The summed E-state index contributed by atoms with van der Waals surface area (Å²) in [6.07, 6.45) is 3.02. The van der Waals surface area contributed by atoms with E-state index in [1.54, 1.807) is 23.5 Å². The summed E-state index contributed by atoms with van der Waals surface area (Å²) in [7, 11) is -1.62. The third kappa shape index (κ3) is 7.97. The van der Waals surface area contributed by atoms with Gasteiger partial charge in [0.05, 0.1) is 11.0 Å². The van der Waals surface area contributed by atoms with Gasteiger partial charge in [-0.3, -0.25) is 4.99 Å². The third-order valence-electron chi connectivity index (χ3n) is 5.16. The van der Waals surface area contributed by atoms with E-state index in [9.17, 15) is 8.42 Å². The van der Waals surface area contributed by atoms with Gasteiger partial charge in [-0.2, -0.15) is 4.31 Å². The first-order chi connectivity index (χ1) is 13.9. The Labute approximate surface area is 199 Å². The van der Waals surface area contributed by atoms with Gasteiger partial charge in [0, 0.05) is 39.8 Å². The highest BCUT2D eigenvalue weighted by Crippen LogP contribution is 2.21. The molecule has 0 saturated carbocycles. The molecule has 172 valence electrons. The number of ether oxygens (including phenoxy) is 1. The standard InChI is InChI=1S/C21H36N4O3S.HI/c1-5-28-20(17(2)3)12-13-23-21(22-4)24-16-18-8-10-19(11-9-18)29(26,27)25-14-6-7-15-25;/h8-11,17,20H,5-7,12-16H2,1-4H3,(H2,22,23,24);1H. The molecular formula is C21H37IN4O3S. The SMILES string of the molecule is CCOC(CCNC(=NC)NCc1ccc(S(=O)(=O)N2CCCC2)cc1)C(C)C.I. The number of aliphatic imine (C=N–C) groups is 1. The first kappa shape index (κ1) is 27.1. The van der Waals surface area contributed by atoms with Gasteiger partial charge in [0.2, 0.25) is 10.0 Å². The van der Waals surface area contributed by atoms with Crippen molar-refractivity contribution in [2.75, 3.05) is 33.3 Å². The summed E-state index contributed by atoms with van der Waals surface area (Å²) in [5.41, 5.74) is 1.00. The highest BCUT2D eigenvalue weighted by molar-refractivity contribution is 14.0. The van der Waals surface area contributed by atoms with Gasteiger partial charge in [-0.15, -0.1) is 24.0 Å². The van der Waals surface area contributed by atoms with Crippen LogP contribution in [0.15, 0.2) is 34.2 Å². The zero-order chi connectivity index (χ0) is 21.3. The Morgan fingerprint density at radius 3 is 2.33 bits per heavy atom. The van der Waals surface area contributed by atoms with Crippen LogP contribution in [-0.4, -0.2) is 58.1 Å². The molecule has 30 heavy (non-hydrogen) atoms. The lowest BCUT2D eigenvalue weighted by atomic mass is 10.0. The van der Waals surface area contributed by atoms with Crippen LogP contribution >= 0.6 is 24.0 Å². The molecule has 7 nitrogen and oxygen atoms in total. The van der Waals surface area contributed by atoms with E-state index < -0.39 is 10.0 Å². The first-order valence-electron chi connectivity index (χ1n) is 10.5. The molecule has 1 heterocycles. The van der Waals surface area contributed by atoms with Crippen LogP contribution in [-0.2, 0) is 21.3 Å². The number of guanidine groups is 1. The highest BCUT2D eigenvalue weighted by atomic mass is 127. The lowest BCUT2D eigenvalue weighted by Gasteiger charge is -2.21. The van der Waals surface area contributed by atoms with Gasteiger partial charge in [-0.1, -0.05) is 26.0 Å². The first-order valence-corrected chi connectivity index (χ1v) is 12.0. The monoisotopic (exact) mass is 552 g/mol. The normalized spacial score (nSPS) is 16.4. The minimum Gasteiger partial charge on any atom is -0.378 e. The van der Waals surface area contributed by atoms with Crippen LogP contribution in [0, 0.1) is 5.92 Å². The summed E-state index contributed by atoms with van der Waals surface area (Å²) < 4.78 is 32.5. The molecule has 9 heteroatoms. The molecule has 1 aromatic rings. The number of sulfonamides is 1. The van der Waals surface area contributed by atoms with Crippen LogP contribution < -0.4 is 10.6 Å². The van der Waals surface area contributed by atoms with Crippen molar-refractivity contribution in [1.82, 2.24) is 14.9 Å². The van der Waals surface area contributed by atoms with Gasteiger partial charge in [-0.25, -0.2) is 8.42 Å². The van der Waals surface area contributed by atoms with Gasteiger partial charge >= 0.3 is 0 Å². The van der Waals surface area contributed by atoms with Crippen molar-refractivity contribution in [3.63, 3.8) is 0 Å². The number of hydrogen-bond acceptors (Lipinski definition) is 4. The number of hydrogen-bond donors (Lipinski definition) is 2. The average molecular weight is 553 g/mol. The summed E-state index contributed by atoms with van der Waals surface area (Å²) in [5, 5.41) is 6.58. The van der Waals surface area contributed by atoms with Crippen molar-refractivity contribution in [3.8, 4) is 0 Å². The Bertz CT molecular complexity index is 748. The van der Waals surface area contributed by atoms with Crippen molar-refractivity contribution in [2.45, 2.75) is 57.6 Å². The fourth-order valence-electron chi connectivity index (χ4n) is 3.42. The van der Waals surface area contributed by atoms with Crippen LogP contribution in [0.5, 0.6) is 0 Å². The van der Waals surface area contributed by atoms with E-state index in [-0.39, 0.29) is 30.1 Å². The fourth-order valence-corrected chi connectivity index (χ4v) is 4.94. The van der Waals surface area contributed by atoms with Crippen LogP contribution in [0.2, 0.25) is 0 Å². The van der Waals surface area contributed by atoms with E-state index in [0.717, 1.165) is 43.9 Å².